The average molecular weight is 347 g/mol. The van der Waals surface area contributed by atoms with Crippen molar-refractivity contribution in [2.24, 2.45) is 0 Å². The summed E-state index contributed by atoms with van der Waals surface area (Å²) in [5.74, 6) is 0.153. The minimum absolute atomic E-state index is 0.153. The van der Waals surface area contributed by atoms with Gasteiger partial charge in [0.2, 0.25) is 5.91 Å². The summed E-state index contributed by atoms with van der Waals surface area (Å²) < 4.78 is 3.00. The van der Waals surface area contributed by atoms with Gasteiger partial charge in [0.1, 0.15) is 0 Å². The second-order valence-electron chi connectivity index (χ2n) is 4.62. The molecule has 1 amide bonds. The molecule has 1 saturated carbocycles. The number of hydrogen-bond donors (Lipinski definition) is 1. The van der Waals surface area contributed by atoms with Crippen LogP contribution in [0.5, 0.6) is 0 Å². The van der Waals surface area contributed by atoms with Crippen LogP contribution < -0.4 is 5.32 Å². The topological polar surface area (TPSA) is 46.9 Å². The van der Waals surface area contributed by atoms with Gasteiger partial charge in [-0.05, 0) is 42.4 Å². The molecule has 0 unspecified atom stereocenters. The number of nitrogens with zero attached hydrogens (tertiary/aromatic N) is 2. The highest BCUT2D eigenvalue weighted by Gasteiger charge is 2.16. The SMILES string of the molecule is Cc1nn(CCC(=O)NC2CCCC2)cc1I. The Labute approximate surface area is 115 Å². The van der Waals surface area contributed by atoms with Gasteiger partial charge in [0.15, 0.2) is 0 Å². The summed E-state index contributed by atoms with van der Waals surface area (Å²) >= 11 is 2.26. The van der Waals surface area contributed by atoms with E-state index in [4.69, 9.17) is 0 Å². The standard InChI is InChI=1S/C12H18IN3O/c1-9-11(13)8-16(15-9)7-6-12(17)14-10-4-2-3-5-10/h8,10H,2-7H2,1H3,(H,14,17). The van der Waals surface area contributed by atoms with Crippen LogP contribution in [0.15, 0.2) is 6.20 Å². The molecule has 4 nitrogen and oxygen atoms in total. The first-order valence-corrected chi connectivity index (χ1v) is 7.22. The zero-order chi connectivity index (χ0) is 12.3. The predicted molar refractivity (Wildman–Crippen MR) is 74.7 cm³/mol. The Morgan fingerprint density at radius 2 is 2.29 bits per heavy atom. The van der Waals surface area contributed by atoms with Crippen molar-refractivity contribution >= 4 is 28.5 Å². The summed E-state index contributed by atoms with van der Waals surface area (Å²) in [6.45, 7) is 2.65. The van der Waals surface area contributed by atoms with Gasteiger partial charge in [0.25, 0.3) is 0 Å². The molecular weight excluding hydrogens is 329 g/mol. The van der Waals surface area contributed by atoms with E-state index in [9.17, 15) is 4.79 Å². The fraction of sp³-hybridized carbons (Fsp3) is 0.667. The Hall–Kier alpha value is -0.590. The van der Waals surface area contributed by atoms with Crippen molar-refractivity contribution in [3.63, 3.8) is 0 Å². The van der Waals surface area contributed by atoms with Crippen LogP contribution in [-0.4, -0.2) is 21.7 Å². The zero-order valence-electron chi connectivity index (χ0n) is 10.1. The molecule has 17 heavy (non-hydrogen) atoms. The number of aromatic nitrogens is 2. The van der Waals surface area contributed by atoms with Gasteiger partial charge in [-0.15, -0.1) is 0 Å². The molecule has 1 aromatic heterocycles. The molecule has 0 atom stereocenters. The number of nitrogens with one attached hydrogen (secondary N) is 1. The van der Waals surface area contributed by atoms with Crippen LogP contribution in [0.3, 0.4) is 0 Å². The minimum atomic E-state index is 0.153. The van der Waals surface area contributed by atoms with Crippen LogP contribution in [0.4, 0.5) is 0 Å². The lowest BCUT2D eigenvalue weighted by Gasteiger charge is -2.11. The Kier molecular flexibility index (Phi) is 4.42. The monoisotopic (exact) mass is 347 g/mol. The van der Waals surface area contributed by atoms with Gasteiger partial charge in [-0.2, -0.15) is 5.10 Å². The molecular formula is C12H18IN3O. The Morgan fingerprint density at radius 1 is 1.59 bits per heavy atom. The van der Waals surface area contributed by atoms with Gasteiger partial charge >= 0.3 is 0 Å². The highest BCUT2D eigenvalue weighted by atomic mass is 127. The quantitative estimate of drug-likeness (QED) is 0.850. The fourth-order valence-corrected chi connectivity index (χ4v) is 2.62. The first-order valence-electron chi connectivity index (χ1n) is 6.14. The first kappa shape index (κ1) is 12.9. The van der Waals surface area contributed by atoms with Crippen molar-refractivity contribution in [1.82, 2.24) is 15.1 Å². The predicted octanol–water partition coefficient (Wildman–Crippen LogP) is 2.25. The molecule has 5 heteroatoms. The molecule has 2 rings (SSSR count). The fourth-order valence-electron chi connectivity index (χ4n) is 2.19. The molecule has 1 aliphatic rings. The summed E-state index contributed by atoms with van der Waals surface area (Å²) in [6.07, 6.45) is 7.30. The summed E-state index contributed by atoms with van der Waals surface area (Å²) in [5.41, 5.74) is 1.03. The number of carbonyl (C=O) groups excluding carboxylic acids is 1. The molecule has 0 bridgehead atoms. The number of aryl methyl sites for hydroxylation is 2. The average Bonchev–Trinajstić information content (AvgIpc) is 2.87. The molecule has 0 aliphatic heterocycles. The lowest BCUT2D eigenvalue weighted by Crippen LogP contribution is -2.33. The molecule has 0 radical (unpaired) electrons. The summed E-state index contributed by atoms with van der Waals surface area (Å²) in [7, 11) is 0. The summed E-state index contributed by atoms with van der Waals surface area (Å²) in [6, 6.07) is 0.419. The largest absolute Gasteiger partial charge is 0.353 e. The molecule has 0 saturated heterocycles. The smallest absolute Gasteiger partial charge is 0.222 e. The maximum Gasteiger partial charge on any atom is 0.222 e. The van der Waals surface area contributed by atoms with E-state index in [2.05, 4.69) is 33.0 Å². The third-order valence-electron chi connectivity index (χ3n) is 3.17. The maximum absolute atomic E-state index is 11.7. The molecule has 0 spiro atoms. The highest BCUT2D eigenvalue weighted by Crippen LogP contribution is 2.17. The number of carbonyl (C=O) groups is 1. The molecule has 0 aromatic carbocycles. The normalized spacial score (nSPS) is 16.4. The van der Waals surface area contributed by atoms with Crippen molar-refractivity contribution in [2.75, 3.05) is 0 Å². The molecule has 1 aromatic rings. The van der Waals surface area contributed by atoms with Gasteiger partial charge in [0.05, 0.1) is 9.26 Å². The lowest BCUT2D eigenvalue weighted by molar-refractivity contribution is -0.122. The molecule has 1 heterocycles. The molecule has 1 N–H and O–H groups in total. The van der Waals surface area contributed by atoms with Crippen molar-refractivity contribution in [2.45, 2.75) is 51.6 Å². The maximum atomic E-state index is 11.7. The lowest BCUT2D eigenvalue weighted by atomic mass is 10.2. The third-order valence-corrected chi connectivity index (χ3v) is 4.23. The van der Waals surface area contributed by atoms with Crippen molar-refractivity contribution in [3.8, 4) is 0 Å². The van der Waals surface area contributed by atoms with Crippen molar-refractivity contribution < 1.29 is 4.79 Å². The molecule has 1 fully saturated rings. The Bertz CT molecular complexity index is 377. The van der Waals surface area contributed by atoms with Crippen LogP contribution in [0.25, 0.3) is 0 Å². The van der Waals surface area contributed by atoms with E-state index in [1.165, 1.54) is 12.8 Å². The second-order valence-corrected chi connectivity index (χ2v) is 5.79. The number of amides is 1. The van der Waals surface area contributed by atoms with Crippen molar-refractivity contribution in [1.29, 1.82) is 0 Å². The van der Waals surface area contributed by atoms with Crippen LogP contribution in [-0.2, 0) is 11.3 Å². The third kappa shape index (κ3) is 3.69. The zero-order valence-corrected chi connectivity index (χ0v) is 12.2. The Morgan fingerprint density at radius 3 is 2.88 bits per heavy atom. The summed E-state index contributed by atoms with van der Waals surface area (Å²) in [4.78, 5) is 11.7. The van der Waals surface area contributed by atoms with E-state index in [1.54, 1.807) is 0 Å². The van der Waals surface area contributed by atoms with E-state index in [1.807, 2.05) is 17.8 Å². The van der Waals surface area contributed by atoms with Crippen LogP contribution in [0, 0.1) is 10.5 Å². The van der Waals surface area contributed by atoms with Gasteiger partial charge in [-0.3, -0.25) is 9.48 Å². The number of hydrogen-bond acceptors (Lipinski definition) is 2. The molecule has 94 valence electrons. The Balaban J connectivity index is 1.75. The van der Waals surface area contributed by atoms with Crippen LogP contribution >= 0.6 is 22.6 Å². The number of rotatable bonds is 4. The van der Waals surface area contributed by atoms with E-state index >= 15 is 0 Å². The van der Waals surface area contributed by atoms with E-state index in [0.717, 1.165) is 22.1 Å². The second kappa shape index (κ2) is 5.84. The van der Waals surface area contributed by atoms with E-state index in [0.29, 0.717) is 19.0 Å². The van der Waals surface area contributed by atoms with Crippen LogP contribution in [0.2, 0.25) is 0 Å². The summed E-state index contributed by atoms with van der Waals surface area (Å²) in [5, 5.41) is 7.43. The van der Waals surface area contributed by atoms with Crippen LogP contribution in [0.1, 0.15) is 37.8 Å². The van der Waals surface area contributed by atoms with Gasteiger partial charge in [0, 0.05) is 25.2 Å². The number of halogens is 1. The highest BCUT2D eigenvalue weighted by molar-refractivity contribution is 14.1. The van der Waals surface area contributed by atoms with Gasteiger partial charge in [-0.25, -0.2) is 0 Å². The first-order chi connectivity index (χ1) is 8.15. The van der Waals surface area contributed by atoms with E-state index < -0.39 is 0 Å². The van der Waals surface area contributed by atoms with Gasteiger partial charge in [-0.1, -0.05) is 12.8 Å². The molecule has 1 aliphatic carbocycles. The van der Waals surface area contributed by atoms with Gasteiger partial charge < -0.3 is 5.32 Å². The minimum Gasteiger partial charge on any atom is -0.353 e. The van der Waals surface area contributed by atoms with E-state index in [-0.39, 0.29) is 5.91 Å². The van der Waals surface area contributed by atoms with Crippen molar-refractivity contribution in [3.05, 3.63) is 15.5 Å².